The number of hydrogen-bond donors (Lipinski definition) is 1. The third-order valence-electron chi connectivity index (χ3n) is 6.56. The van der Waals surface area contributed by atoms with Crippen molar-refractivity contribution in [3.05, 3.63) is 53.6 Å². The van der Waals surface area contributed by atoms with Gasteiger partial charge in [-0.15, -0.1) is 0 Å². The monoisotopic (exact) mass is 380 g/mol. The van der Waals surface area contributed by atoms with Crippen LogP contribution in [0.15, 0.2) is 42.5 Å². The molecule has 0 amide bonds. The largest absolute Gasteiger partial charge is 0.493 e. The standard InChI is InChI=1S/C24H32N2O2/c1-17-20(21-15-23(27-2)24(28-3)16-22(21)25-17)11-14-26-12-9-19(10-13-26)18-7-5-4-6-8-18/h4-8,15-17,19-20,25H,9-14H2,1-3H3/t17-,20+/m1/s1. The van der Waals surface area contributed by atoms with E-state index in [9.17, 15) is 0 Å². The average molecular weight is 381 g/mol. The molecule has 2 aliphatic rings. The summed E-state index contributed by atoms with van der Waals surface area (Å²) in [5, 5.41) is 3.64. The molecule has 0 aliphatic carbocycles. The van der Waals surface area contributed by atoms with E-state index >= 15 is 0 Å². The molecule has 1 N–H and O–H groups in total. The molecule has 150 valence electrons. The maximum absolute atomic E-state index is 5.53. The van der Waals surface area contributed by atoms with E-state index in [1.54, 1.807) is 14.2 Å². The molecule has 4 heteroatoms. The lowest BCUT2D eigenvalue weighted by molar-refractivity contribution is 0.204. The van der Waals surface area contributed by atoms with E-state index < -0.39 is 0 Å². The molecule has 0 radical (unpaired) electrons. The van der Waals surface area contributed by atoms with Gasteiger partial charge in [0, 0.05) is 23.7 Å². The number of nitrogens with zero attached hydrogens (tertiary/aromatic N) is 1. The number of ether oxygens (including phenoxy) is 2. The highest BCUT2D eigenvalue weighted by Gasteiger charge is 2.31. The molecular weight excluding hydrogens is 348 g/mol. The zero-order chi connectivity index (χ0) is 19.5. The van der Waals surface area contributed by atoms with E-state index in [4.69, 9.17) is 9.47 Å². The second kappa shape index (κ2) is 8.44. The third kappa shape index (κ3) is 3.83. The van der Waals surface area contributed by atoms with E-state index in [1.165, 1.54) is 49.2 Å². The molecule has 2 aromatic carbocycles. The van der Waals surface area contributed by atoms with Crippen molar-refractivity contribution in [3.8, 4) is 11.5 Å². The third-order valence-corrected chi connectivity index (χ3v) is 6.56. The Morgan fingerprint density at radius 1 is 1.00 bits per heavy atom. The lowest BCUT2D eigenvalue weighted by atomic mass is 9.88. The predicted molar refractivity (Wildman–Crippen MR) is 115 cm³/mol. The molecule has 1 saturated heterocycles. The fourth-order valence-electron chi connectivity index (χ4n) is 4.88. The Morgan fingerprint density at radius 3 is 2.36 bits per heavy atom. The summed E-state index contributed by atoms with van der Waals surface area (Å²) < 4.78 is 11.0. The van der Waals surface area contributed by atoms with Crippen LogP contribution in [-0.4, -0.2) is 44.8 Å². The van der Waals surface area contributed by atoms with Gasteiger partial charge in [0.05, 0.1) is 14.2 Å². The maximum atomic E-state index is 5.53. The minimum atomic E-state index is 0.439. The highest BCUT2D eigenvalue weighted by molar-refractivity contribution is 5.66. The van der Waals surface area contributed by atoms with Crippen LogP contribution in [-0.2, 0) is 0 Å². The Kier molecular flexibility index (Phi) is 5.77. The van der Waals surface area contributed by atoms with Crippen molar-refractivity contribution < 1.29 is 9.47 Å². The Balaban J connectivity index is 1.36. The molecule has 2 heterocycles. The van der Waals surface area contributed by atoms with Crippen molar-refractivity contribution in [3.63, 3.8) is 0 Å². The van der Waals surface area contributed by atoms with Crippen molar-refractivity contribution in [1.82, 2.24) is 4.90 Å². The number of likely N-dealkylation sites (tertiary alicyclic amines) is 1. The van der Waals surface area contributed by atoms with Crippen molar-refractivity contribution in [2.75, 3.05) is 39.2 Å². The molecule has 0 bridgehead atoms. The molecule has 28 heavy (non-hydrogen) atoms. The molecule has 0 unspecified atom stereocenters. The number of piperidine rings is 1. The van der Waals surface area contributed by atoms with Gasteiger partial charge in [0.1, 0.15) is 0 Å². The van der Waals surface area contributed by atoms with Gasteiger partial charge in [-0.05, 0) is 68.9 Å². The SMILES string of the molecule is COc1cc2c(cc1OC)[C@@H](CCN1CCC(c3ccccc3)CC1)[C@@H](C)N2. The maximum Gasteiger partial charge on any atom is 0.162 e. The topological polar surface area (TPSA) is 33.7 Å². The normalized spacial score (nSPS) is 22.5. The highest BCUT2D eigenvalue weighted by Crippen LogP contribution is 2.44. The number of nitrogens with one attached hydrogen (secondary N) is 1. The number of methoxy groups -OCH3 is 2. The predicted octanol–water partition coefficient (Wildman–Crippen LogP) is 4.87. The second-order valence-electron chi connectivity index (χ2n) is 8.15. The van der Waals surface area contributed by atoms with Crippen LogP contribution in [0.4, 0.5) is 5.69 Å². The molecule has 2 atom stereocenters. The fraction of sp³-hybridized carbons (Fsp3) is 0.500. The Labute approximate surface area is 168 Å². The van der Waals surface area contributed by atoms with Gasteiger partial charge in [0.2, 0.25) is 0 Å². The number of benzene rings is 2. The van der Waals surface area contributed by atoms with Gasteiger partial charge in [-0.2, -0.15) is 0 Å². The summed E-state index contributed by atoms with van der Waals surface area (Å²) in [6, 6.07) is 15.7. The van der Waals surface area contributed by atoms with E-state index in [-0.39, 0.29) is 0 Å². The first-order valence-electron chi connectivity index (χ1n) is 10.5. The van der Waals surface area contributed by atoms with Gasteiger partial charge in [0.15, 0.2) is 11.5 Å². The molecule has 0 saturated carbocycles. The highest BCUT2D eigenvalue weighted by atomic mass is 16.5. The quantitative estimate of drug-likeness (QED) is 0.775. The molecule has 2 aliphatic heterocycles. The van der Waals surface area contributed by atoms with Crippen LogP contribution in [0.5, 0.6) is 11.5 Å². The van der Waals surface area contributed by atoms with Gasteiger partial charge < -0.3 is 19.7 Å². The average Bonchev–Trinajstić information content (AvgIpc) is 3.06. The van der Waals surface area contributed by atoms with Gasteiger partial charge in [-0.25, -0.2) is 0 Å². The van der Waals surface area contributed by atoms with Crippen LogP contribution in [0, 0.1) is 0 Å². The summed E-state index contributed by atoms with van der Waals surface area (Å²) in [4.78, 5) is 2.64. The van der Waals surface area contributed by atoms with Crippen LogP contribution in [0.2, 0.25) is 0 Å². The minimum absolute atomic E-state index is 0.439. The minimum Gasteiger partial charge on any atom is -0.493 e. The first-order valence-corrected chi connectivity index (χ1v) is 10.5. The van der Waals surface area contributed by atoms with E-state index in [2.05, 4.69) is 59.6 Å². The van der Waals surface area contributed by atoms with Crippen molar-refractivity contribution in [2.24, 2.45) is 0 Å². The molecule has 2 aromatic rings. The molecule has 0 aromatic heterocycles. The van der Waals surface area contributed by atoms with Gasteiger partial charge >= 0.3 is 0 Å². The number of hydrogen-bond acceptors (Lipinski definition) is 4. The first kappa shape index (κ1) is 19.1. The molecule has 4 rings (SSSR count). The zero-order valence-electron chi connectivity index (χ0n) is 17.3. The summed E-state index contributed by atoms with van der Waals surface area (Å²) >= 11 is 0. The smallest absolute Gasteiger partial charge is 0.162 e. The van der Waals surface area contributed by atoms with Crippen LogP contribution in [0.1, 0.15) is 49.1 Å². The van der Waals surface area contributed by atoms with Crippen LogP contribution < -0.4 is 14.8 Å². The van der Waals surface area contributed by atoms with Crippen molar-refractivity contribution in [1.29, 1.82) is 0 Å². The number of anilines is 1. The number of rotatable bonds is 6. The molecule has 0 spiro atoms. The van der Waals surface area contributed by atoms with Crippen molar-refractivity contribution >= 4 is 5.69 Å². The van der Waals surface area contributed by atoms with Gasteiger partial charge in [-0.3, -0.25) is 0 Å². The number of fused-ring (bicyclic) bond motifs is 1. The van der Waals surface area contributed by atoms with E-state index in [0.29, 0.717) is 12.0 Å². The van der Waals surface area contributed by atoms with Gasteiger partial charge in [0.25, 0.3) is 0 Å². The Morgan fingerprint density at radius 2 is 1.68 bits per heavy atom. The Hall–Kier alpha value is -2.20. The summed E-state index contributed by atoms with van der Waals surface area (Å²) in [7, 11) is 3.40. The summed E-state index contributed by atoms with van der Waals surface area (Å²) in [5.74, 6) is 2.86. The van der Waals surface area contributed by atoms with E-state index in [1.807, 2.05) is 0 Å². The molecule has 1 fully saturated rings. The fourth-order valence-corrected chi connectivity index (χ4v) is 4.88. The lowest BCUT2D eigenvalue weighted by Crippen LogP contribution is -2.35. The molecule has 4 nitrogen and oxygen atoms in total. The second-order valence-corrected chi connectivity index (χ2v) is 8.15. The summed E-state index contributed by atoms with van der Waals surface area (Å²) in [5.41, 5.74) is 4.06. The van der Waals surface area contributed by atoms with Gasteiger partial charge in [-0.1, -0.05) is 30.3 Å². The van der Waals surface area contributed by atoms with Crippen molar-refractivity contribution in [2.45, 2.75) is 44.1 Å². The first-order chi connectivity index (χ1) is 13.7. The summed E-state index contributed by atoms with van der Waals surface area (Å²) in [6.07, 6.45) is 3.71. The summed E-state index contributed by atoms with van der Waals surface area (Å²) in [6.45, 7) is 5.84. The van der Waals surface area contributed by atoms with E-state index in [0.717, 1.165) is 24.0 Å². The van der Waals surface area contributed by atoms with Crippen LogP contribution in [0.25, 0.3) is 0 Å². The Bertz CT molecular complexity index is 785. The van der Waals surface area contributed by atoms with Crippen LogP contribution >= 0.6 is 0 Å². The molecular formula is C24H32N2O2. The lowest BCUT2D eigenvalue weighted by Gasteiger charge is -2.33. The van der Waals surface area contributed by atoms with Crippen LogP contribution in [0.3, 0.4) is 0 Å². The zero-order valence-corrected chi connectivity index (χ0v) is 17.3.